The van der Waals surface area contributed by atoms with E-state index in [9.17, 15) is 9.18 Å². The second-order valence-electron chi connectivity index (χ2n) is 2.60. The first-order valence-corrected chi connectivity index (χ1v) is 4.65. The first-order chi connectivity index (χ1) is 7.13. The van der Waals surface area contributed by atoms with Gasteiger partial charge in [-0.25, -0.2) is 14.6 Å². The molecule has 2 N–H and O–H groups in total. The molecule has 0 aliphatic carbocycles. The molecule has 0 heterocycles. The Morgan fingerprint density at radius 3 is 2.93 bits per heavy atom. The van der Waals surface area contributed by atoms with Crippen LogP contribution in [0.25, 0.3) is 0 Å². The monoisotopic (exact) mass is 232 g/mol. The van der Waals surface area contributed by atoms with Gasteiger partial charge >= 0.3 is 6.09 Å². The van der Waals surface area contributed by atoms with Crippen molar-refractivity contribution in [2.45, 2.75) is 6.92 Å². The van der Waals surface area contributed by atoms with E-state index in [1.807, 2.05) is 0 Å². The molecule has 0 radical (unpaired) electrons. The number of benzene rings is 1. The predicted octanol–water partition coefficient (Wildman–Crippen LogP) is 2.55. The lowest BCUT2D eigenvalue weighted by Gasteiger charge is -2.08. The standard InChI is InChI=1S/C9H10ClFN2O2/c1-2-15-9(14)13-12-6-3-4-8(11)7(10)5-6/h3-5,12H,2H2,1H3,(H,13,14). The Balaban J connectivity index is 2.51. The molecule has 6 heteroatoms. The first-order valence-electron chi connectivity index (χ1n) is 4.27. The van der Waals surface area contributed by atoms with E-state index < -0.39 is 11.9 Å². The van der Waals surface area contributed by atoms with E-state index in [-0.39, 0.29) is 11.6 Å². The molecule has 0 bridgehead atoms. The van der Waals surface area contributed by atoms with Gasteiger partial charge < -0.3 is 4.74 Å². The number of hydrogen-bond donors (Lipinski definition) is 2. The normalized spacial score (nSPS) is 9.53. The third-order valence-corrected chi connectivity index (χ3v) is 1.79. The Morgan fingerprint density at radius 2 is 2.33 bits per heavy atom. The van der Waals surface area contributed by atoms with Gasteiger partial charge in [-0.05, 0) is 25.1 Å². The van der Waals surface area contributed by atoms with Gasteiger partial charge in [0, 0.05) is 0 Å². The number of anilines is 1. The van der Waals surface area contributed by atoms with Gasteiger partial charge in [-0.2, -0.15) is 0 Å². The molecule has 0 fully saturated rings. The van der Waals surface area contributed by atoms with Crippen molar-refractivity contribution in [1.29, 1.82) is 0 Å². The minimum atomic E-state index is -0.613. The lowest BCUT2D eigenvalue weighted by Crippen LogP contribution is -2.29. The van der Waals surface area contributed by atoms with Crippen molar-refractivity contribution in [2.75, 3.05) is 12.0 Å². The molecule has 1 rings (SSSR count). The van der Waals surface area contributed by atoms with E-state index in [0.29, 0.717) is 5.69 Å². The summed E-state index contributed by atoms with van der Waals surface area (Å²) in [6, 6.07) is 3.98. The number of amides is 1. The van der Waals surface area contributed by atoms with E-state index in [0.717, 1.165) is 0 Å². The highest BCUT2D eigenvalue weighted by Gasteiger charge is 2.02. The molecule has 0 aromatic heterocycles. The van der Waals surface area contributed by atoms with Crippen LogP contribution in [0.2, 0.25) is 5.02 Å². The van der Waals surface area contributed by atoms with Gasteiger partial charge in [0.05, 0.1) is 17.3 Å². The van der Waals surface area contributed by atoms with Gasteiger partial charge in [-0.15, -0.1) is 0 Å². The van der Waals surface area contributed by atoms with E-state index >= 15 is 0 Å². The molecular formula is C9H10ClFN2O2. The summed E-state index contributed by atoms with van der Waals surface area (Å²) >= 11 is 5.53. The zero-order chi connectivity index (χ0) is 11.3. The highest BCUT2D eigenvalue weighted by molar-refractivity contribution is 6.31. The van der Waals surface area contributed by atoms with Crippen molar-refractivity contribution in [3.63, 3.8) is 0 Å². The molecule has 4 nitrogen and oxygen atoms in total. The molecule has 0 aliphatic heterocycles. The fraction of sp³-hybridized carbons (Fsp3) is 0.222. The third kappa shape index (κ3) is 3.63. The Hall–Kier alpha value is -1.49. The predicted molar refractivity (Wildman–Crippen MR) is 55.2 cm³/mol. The van der Waals surface area contributed by atoms with E-state index in [4.69, 9.17) is 11.6 Å². The average molecular weight is 233 g/mol. The van der Waals surface area contributed by atoms with Gasteiger partial charge in [0.2, 0.25) is 0 Å². The van der Waals surface area contributed by atoms with Crippen LogP contribution in [0.4, 0.5) is 14.9 Å². The fourth-order valence-corrected chi connectivity index (χ4v) is 1.04. The number of carbonyl (C=O) groups is 1. The van der Waals surface area contributed by atoms with Crippen molar-refractivity contribution >= 4 is 23.4 Å². The molecule has 15 heavy (non-hydrogen) atoms. The first kappa shape index (κ1) is 11.6. The van der Waals surface area contributed by atoms with Crippen molar-refractivity contribution in [2.24, 2.45) is 0 Å². The smallest absolute Gasteiger partial charge is 0.425 e. The number of nitrogens with one attached hydrogen (secondary N) is 2. The molecule has 0 unspecified atom stereocenters. The Morgan fingerprint density at radius 1 is 1.60 bits per heavy atom. The fourth-order valence-electron chi connectivity index (χ4n) is 0.864. The highest BCUT2D eigenvalue weighted by Crippen LogP contribution is 2.18. The molecule has 1 amide bonds. The molecular weight excluding hydrogens is 223 g/mol. The highest BCUT2D eigenvalue weighted by atomic mass is 35.5. The summed E-state index contributed by atoms with van der Waals surface area (Å²) in [5.74, 6) is -0.515. The summed E-state index contributed by atoms with van der Waals surface area (Å²) in [6.45, 7) is 1.96. The Bertz CT molecular complexity index is 360. The largest absolute Gasteiger partial charge is 0.449 e. The lowest BCUT2D eigenvalue weighted by molar-refractivity contribution is 0.154. The van der Waals surface area contributed by atoms with Gasteiger partial charge in [-0.3, -0.25) is 5.43 Å². The van der Waals surface area contributed by atoms with Crippen LogP contribution in [-0.4, -0.2) is 12.7 Å². The van der Waals surface area contributed by atoms with Crippen LogP contribution >= 0.6 is 11.6 Å². The van der Waals surface area contributed by atoms with Gasteiger partial charge in [0.1, 0.15) is 5.82 Å². The molecule has 1 aromatic rings. The van der Waals surface area contributed by atoms with E-state index in [1.165, 1.54) is 18.2 Å². The van der Waals surface area contributed by atoms with Crippen LogP contribution in [0.15, 0.2) is 18.2 Å². The second kappa shape index (κ2) is 5.41. The number of rotatable bonds is 3. The van der Waals surface area contributed by atoms with E-state index in [1.54, 1.807) is 6.92 Å². The number of hydrazine groups is 1. The topological polar surface area (TPSA) is 50.4 Å². The van der Waals surface area contributed by atoms with Gasteiger partial charge in [0.15, 0.2) is 0 Å². The molecule has 0 spiro atoms. The average Bonchev–Trinajstić information content (AvgIpc) is 2.20. The molecule has 82 valence electrons. The maximum Gasteiger partial charge on any atom is 0.425 e. The summed E-state index contributed by atoms with van der Waals surface area (Å²) in [5.41, 5.74) is 5.24. The van der Waals surface area contributed by atoms with Crippen LogP contribution < -0.4 is 10.9 Å². The minimum Gasteiger partial charge on any atom is -0.449 e. The van der Waals surface area contributed by atoms with Crippen LogP contribution in [0.3, 0.4) is 0 Å². The zero-order valence-electron chi connectivity index (χ0n) is 8.01. The number of carbonyl (C=O) groups excluding carboxylic acids is 1. The van der Waals surface area contributed by atoms with Crippen LogP contribution in [-0.2, 0) is 4.74 Å². The minimum absolute atomic E-state index is 0.0225. The summed E-state index contributed by atoms with van der Waals surface area (Å²) in [5, 5.41) is -0.0225. The van der Waals surface area contributed by atoms with Crippen molar-refractivity contribution in [3.8, 4) is 0 Å². The molecule has 0 atom stereocenters. The summed E-state index contributed by atoms with van der Waals surface area (Å²) in [6.07, 6.45) is -0.613. The van der Waals surface area contributed by atoms with E-state index in [2.05, 4.69) is 15.6 Å². The molecule has 0 saturated heterocycles. The summed E-state index contributed by atoms with van der Waals surface area (Å²) < 4.78 is 17.3. The summed E-state index contributed by atoms with van der Waals surface area (Å²) in [7, 11) is 0. The lowest BCUT2D eigenvalue weighted by atomic mass is 10.3. The maximum absolute atomic E-state index is 12.7. The van der Waals surface area contributed by atoms with Gasteiger partial charge in [-0.1, -0.05) is 11.6 Å². The Kier molecular flexibility index (Phi) is 4.17. The van der Waals surface area contributed by atoms with Crippen LogP contribution in [0, 0.1) is 5.82 Å². The third-order valence-electron chi connectivity index (χ3n) is 1.50. The maximum atomic E-state index is 12.7. The Labute approximate surface area is 91.3 Å². The second-order valence-corrected chi connectivity index (χ2v) is 3.01. The van der Waals surface area contributed by atoms with Crippen molar-refractivity contribution < 1.29 is 13.9 Å². The number of halogens is 2. The summed E-state index contributed by atoms with van der Waals surface area (Å²) in [4.78, 5) is 10.9. The van der Waals surface area contributed by atoms with Crippen molar-refractivity contribution in [1.82, 2.24) is 5.43 Å². The molecule has 1 aromatic carbocycles. The number of ether oxygens (including phenoxy) is 1. The quantitative estimate of drug-likeness (QED) is 0.788. The number of hydrogen-bond acceptors (Lipinski definition) is 3. The molecule has 0 saturated carbocycles. The van der Waals surface area contributed by atoms with Crippen LogP contribution in [0.1, 0.15) is 6.92 Å². The van der Waals surface area contributed by atoms with Crippen LogP contribution in [0.5, 0.6) is 0 Å². The SMILES string of the molecule is CCOC(=O)NNc1ccc(F)c(Cl)c1. The zero-order valence-corrected chi connectivity index (χ0v) is 8.77. The molecule has 0 aliphatic rings. The van der Waals surface area contributed by atoms with Gasteiger partial charge in [0.25, 0.3) is 0 Å². The van der Waals surface area contributed by atoms with Crippen molar-refractivity contribution in [3.05, 3.63) is 29.0 Å².